The van der Waals surface area contributed by atoms with Crippen molar-refractivity contribution in [3.63, 3.8) is 0 Å². The van der Waals surface area contributed by atoms with Crippen molar-refractivity contribution in [2.24, 2.45) is 15.7 Å². The predicted octanol–water partition coefficient (Wildman–Crippen LogP) is 0.720. The summed E-state index contributed by atoms with van der Waals surface area (Å²) < 4.78 is 0. The fraction of sp³-hybridized carbons (Fsp3) is 0.429. The highest BCUT2D eigenvalue weighted by Crippen LogP contribution is 2.05. The molecule has 1 aliphatic rings. The van der Waals surface area contributed by atoms with E-state index in [1.54, 1.807) is 12.3 Å². The Hall–Kier alpha value is -0.960. The summed E-state index contributed by atoms with van der Waals surface area (Å²) in [7, 11) is 0. The Morgan fingerprint density at radius 2 is 2.30 bits per heavy atom. The van der Waals surface area contributed by atoms with Gasteiger partial charge in [-0.1, -0.05) is 0 Å². The number of aliphatic imine (C=N–C) groups is 2. The molecule has 3 nitrogen and oxygen atoms in total. The summed E-state index contributed by atoms with van der Waals surface area (Å²) in [6, 6.07) is 0. The van der Waals surface area contributed by atoms with Crippen molar-refractivity contribution in [1.82, 2.24) is 0 Å². The van der Waals surface area contributed by atoms with Crippen LogP contribution in [0.1, 0.15) is 13.8 Å². The van der Waals surface area contributed by atoms with E-state index in [4.69, 9.17) is 5.73 Å². The van der Waals surface area contributed by atoms with Crippen LogP contribution in [0.15, 0.2) is 22.1 Å². The molecule has 1 aliphatic heterocycles. The first-order valence-corrected chi connectivity index (χ1v) is 3.17. The molecule has 0 aromatic carbocycles. The molecule has 0 bridgehead atoms. The van der Waals surface area contributed by atoms with E-state index < -0.39 is 5.66 Å². The summed E-state index contributed by atoms with van der Waals surface area (Å²) in [5.41, 5.74) is 5.13. The van der Waals surface area contributed by atoms with Crippen LogP contribution in [0.2, 0.25) is 0 Å². The lowest BCUT2D eigenvalue weighted by atomic mass is 10.2. The lowest BCUT2D eigenvalue weighted by molar-refractivity contribution is 0.621. The van der Waals surface area contributed by atoms with Gasteiger partial charge in [-0.15, -0.1) is 0 Å². The summed E-state index contributed by atoms with van der Waals surface area (Å²) in [6.45, 7) is 3.66. The third kappa shape index (κ3) is 1.77. The van der Waals surface area contributed by atoms with Crippen molar-refractivity contribution in [3.8, 4) is 0 Å². The molecular formula is C7H11N3. The maximum Gasteiger partial charge on any atom is 0.126 e. The molecule has 3 heteroatoms. The van der Waals surface area contributed by atoms with Crippen LogP contribution in [0, 0.1) is 0 Å². The van der Waals surface area contributed by atoms with Gasteiger partial charge in [0, 0.05) is 6.21 Å². The highest BCUT2D eigenvalue weighted by molar-refractivity contribution is 5.92. The molecule has 0 fully saturated rings. The standard InChI is InChI=1S/C7H11N3/c1-6-9-5-3-4-7(2,8)10-6/h3-5H,8H2,1-2H3. The number of hydrogen-bond acceptors (Lipinski definition) is 3. The lowest BCUT2D eigenvalue weighted by Crippen LogP contribution is -2.31. The molecule has 0 amide bonds. The zero-order chi connectivity index (χ0) is 7.61. The molecule has 10 heavy (non-hydrogen) atoms. The van der Waals surface area contributed by atoms with Crippen LogP contribution in [0.25, 0.3) is 0 Å². The van der Waals surface area contributed by atoms with Gasteiger partial charge in [0.25, 0.3) is 0 Å². The number of allylic oxidation sites excluding steroid dienone is 1. The van der Waals surface area contributed by atoms with Crippen LogP contribution >= 0.6 is 0 Å². The van der Waals surface area contributed by atoms with E-state index >= 15 is 0 Å². The highest BCUT2D eigenvalue weighted by Gasteiger charge is 2.12. The average Bonchev–Trinajstić information content (AvgIpc) is 1.90. The molecule has 0 saturated heterocycles. The number of rotatable bonds is 0. The summed E-state index contributed by atoms with van der Waals surface area (Å²) in [5.74, 6) is 0.718. The van der Waals surface area contributed by atoms with Gasteiger partial charge in [-0.3, -0.25) is 0 Å². The molecule has 0 aliphatic carbocycles. The summed E-state index contributed by atoms with van der Waals surface area (Å²) >= 11 is 0. The van der Waals surface area contributed by atoms with Crippen molar-refractivity contribution in [1.29, 1.82) is 0 Å². The summed E-state index contributed by atoms with van der Waals surface area (Å²) in [5, 5.41) is 0. The van der Waals surface area contributed by atoms with Crippen LogP contribution < -0.4 is 5.73 Å². The zero-order valence-corrected chi connectivity index (χ0v) is 6.20. The van der Waals surface area contributed by atoms with Gasteiger partial charge < -0.3 is 5.73 Å². The molecule has 0 aromatic heterocycles. The molecule has 54 valence electrons. The van der Waals surface area contributed by atoms with Crippen molar-refractivity contribution < 1.29 is 0 Å². The minimum absolute atomic E-state index is 0.583. The van der Waals surface area contributed by atoms with Gasteiger partial charge in [0.05, 0.1) is 0 Å². The first-order valence-electron chi connectivity index (χ1n) is 3.17. The Kier molecular flexibility index (Phi) is 1.68. The van der Waals surface area contributed by atoms with Gasteiger partial charge in [-0.25, -0.2) is 9.98 Å². The van der Waals surface area contributed by atoms with Crippen LogP contribution in [0.4, 0.5) is 0 Å². The normalized spacial score (nSPS) is 31.7. The minimum Gasteiger partial charge on any atom is -0.304 e. The lowest BCUT2D eigenvalue weighted by Gasteiger charge is -2.12. The number of hydrogen-bond donors (Lipinski definition) is 1. The quantitative estimate of drug-likeness (QED) is 0.525. The minimum atomic E-state index is -0.583. The molecule has 1 heterocycles. The van der Waals surface area contributed by atoms with Crippen LogP contribution in [0.3, 0.4) is 0 Å². The fourth-order valence-corrected chi connectivity index (χ4v) is 0.804. The SMILES string of the molecule is CC1=NC(C)(N)C=CC=N1. The van der Waals surface area contributed by atoms with Gasteiger partial charge in [-0.05, 0) is 26.0 Å². The molecule has 0 spiro atoms. The van der Waals surface area contributed by atoms with Crippen molar-refractivity contribution in [2.45, 2.75) is 19.5 Å². The third-order valence-electron chi connectivity index (χ3n) is 1.18. The Morgan fingerprint density at radius 1 is 1.60 bits per heavy atom. The van der Waals surface area contributed by atoms with Crippen molar-refractivity contribution >= 4 is 12.1 Å². The zero-order valence-electron chi connectivity index (χ0n) is 6.20. The van der Waals surface area contributed by atoms with E-state index in [0.29, 0.717) is 0 Å². The van der Waals surface area contributed by atoms with E-state index in [2.05, 4.69) is 9.98 Å². The van der Waals surface area contributed by atoms with Gasteiger partial charge in [0.1, 0.15) is 11.5 Å². The fourth-order valence-electron chi connectivity index (χ4n) is 0.804. The molecule has 1 unspecified atom stereocenters. The van der Waals surface area contributed by atoms with Crippen molar-refractivity contribution in [2.75, 3.05) is 0 Å². The molecule has 0 saturated carbocycles. The predicted molar refractivity (Wildman–Crippen MR) is 43.3 cm³/mol. The number of amidine groups is 1. The topological polar surface area (TPSA) is 50.7 Å². The second-order valence-electron chi connectivity index (χ2n) is 2.52. The monoisotopic (exact) mass is 137 g/mol. The molecule has 0 radical (unpaired) electrons. The Bertz CT molecular complexity index is 211. The summed E-state index contributed by atoms with van der Waals surface area (Å²) in [6.07, 6.45) is 5.31. The van der Waals surface area contributed by atoms with Gasteiger partial charge in [-0.2, -0.15) is 0 Å². The molecule has 2 N–H and O–H groups in total. The first kappa shape index (κ1) is 7.15. The maximum atomic E-state index is 5.71. The van der Waals surface area contributed by atoms with E-state index in [-0.39, 0.29) is 0 Å². The van der Waals surface area contributed by atoms with Crippen molar-refractivity contribution in [3.05, 3.63) is 12.2 Å². The Labute approximate surface area is 60.4 Å². The molecular weight excluding hydrogens is 126 g/mol. The first-order chi connectivity index (χ1) is 4.60. The van der Waals surface area contributed by atoms with Crippen LogP contribution in [0.5, 0.6) is 0 Å². The maximum absolute atomic E-state index is 5.71. The smallest absolute Gasteiger partial charge is 0.126 e. The van der Waals surface area contributed by atoms with Gasteiger partial charge >= 0.3 is 0 Å². The van der Waals surface area contributed by atoms with E-state index in [0.717, 1.165) is 5.84 Å². The second-order valence-corrected chi connectivity index (χ2v) is 2.52. The van der Waals surface area contributed by atoms with Crippen LogP contribution in [-0.2, 0) is 0 Å². The highest BCUT2D eigenvalue weighted by atomic mass is 15.1. The third-order valence-corrected chi connectivity index (χ3v) is 1.18. The molecule has 0 aromatic rings. The van der Waals surface area contributed by atoms with Crippen LogP contribution in [-0.4, -0.2) is 17.7 Å². The van der Waals surface area contributed by atoms with E-state index in [1.807, 2.05) is 19.9 Å². The number of nitrogens with zero attached hydrogens (tertiary/aromatic N) is 2. The van der Waals surface area contributed by atoms with E-state index in [9.17, 15) is 0 Å². The second kappa shape index (κ2) is 2.34. The number of nitrogens with two attached hydrogens (primary N) is 1. The molecule has 1 atom stereocenters. The van der Waals surface area contributed by atoms with E-state index in [1.165, 1.54) is 0 Å². The largest absolute Gasteiger partial charge is 0.304 e. The average molecular weight is 137 g/mol. The Balaban J connectivity index is 2.93. The molecule has 1 rings (SSSR count). The Morgan fingerprint density at radius 3 is 3.00 bits per heavy atom. The van der Waals surface area contributed by atoms with Gasteiger partial charge in [0.2, 0.25) is 0 Å². The summed E-state index contributed by atoms with van der Waals surface area (Å²) in [4.78, 5) is 8.10. The van der Waals surface area contributed by atoms with Gasteiger partial charge in [0.15, 0.2) is 0 Å².